The number of fused-ring (bicyclic) bond motifs is 4. The van der Waals surface area contributed by atoms with Crippen LogP contribution in [0.2, 0.25) is 5.02 Å². The molecule has 102 valence electrons. The van der Waals surface area contributed by atoms with Crippen molar-refractivity contribution in [1.29, 1.82) is 0 Å². The van der Waals surface area contributed by atoms with Crippen LogP contribution in [0.25, 0.3) is 22.2 Å². The SMILES string of the molecule is O=C(O)c1c2c(nc3cccc(Cl)c13)-c1ccccc1C2. The van der Waals surface area contributed by atoms with Crippen molar-refractivity contribution in [2.75, 3.05) is 0 Å². The highest BCUT2D eigenvalue weighted by Crippen LogP contribution is 2.40. The van der Waals surface area contributed by atoms with Crippen LogP contribution in [0.3, 0.4) is 0 Å². The normalized spacial score (nSPS) is 12.2. The quantitative estimate of drug-likeness (QED) is 0.574. The Morgan fingerprint density at radius 2 is 1.95 bits per heavy atom. The third-order valence-electron chi connectivity index (χ3n) is 3.92. The van der Waals surface area contributed by atoms with Gasteiger partial charge in [0.2, 0.25) is 0 Å². The van der Waals surface area contributed by atoms with E-state index in [1.807, 2.05) is 24.3 Å². The van der Waals surface area contributed by atoms with Crippen molar-refractivity contribution >= 4 is 28.5 Å². The molecule has 1 heterocycles. The number of benzene rings is 2. The lowest BCUT2D eigenvalue weighted by atomic mass is 10.0. The molecule has 3 nitrogen and oxygen atoms in total. The summed E-state index contributed by atoms with van der Waals surface area (Å²) >= 11 is 6.22. The van der Waals surface area contributed by atoms with Gasteiger partial charge in [-0.25, -0.2) is 9.78 Å². The number of hydrogen-bond acceptors (Lipinski definition) is 2. The Labute approximate surface area is 125 Å². The molecule has 4 heteroatoms. The summed E-state index contributed by atoms with van der Waals surface area (Å²) < 4.78 is 0. The fourth-order valence-electron chi connectivity index (χ4n) is 3.04. The fourth-order valence-corrected chi connectivity index (χ4v) is 3.30. The van der Waals surface area contributed by atoms with Crippen LogP contribution in [0, 0.1) is 0 Å². The number of carboxylic acids is 1. The highest BCUT2D eigenvalue weighted by atomic mass is 35.5. The van der Waals surface area contributed by atoms with Crippen LogP contribution in [0.1, 0.15) is 21.5 Å². The molecule has 0 saturated carbocycles. The second kappa shape index (κ2) is 4.30. The molecule has 0 radical (unpaired) electrons. The number of carbonyl (C=O) groups is 1. The Morgan fingerprint density at radius 3 is 2.76 bits per heavy atom. The lowest BCUT2D eigenvalue weighted by Crippen LogP contribution is -2.05. The molecule has 3 aromatic rings. The fraction of sp³-hybridized carbons (Fsp3) is 0.0588. The number of pyridine rings is 1. The van der Waals surface area contributed by atoms with Gasteiger partial charge in [0.15, 0.2) is 0 Å². The van der Waals surface area contributed by atoms with E-state index in [9.17, 15) is 9.90 Å². The van der Waals surface area contributed by atoms with Crippen molar-refractivity contribution < 1.29 is 9.90 Å². The highest BCUT2D eigenvalue weighted by Gasteiger charge is 2.28. The number of aromatic nitrogens is 1. The molecule has 2 aromatic carbocycles. The second-order valence-corrected chi connectivity index (χ2v) is 5.49. The summed E-state index contributed by atoms with van der Waals surface area (Å²) in [7, 11) is 0. The second-order valence-electron chi connectivity index (χ2n) is 5.09. The van der Waals surface area contributed by atoms with Gasteiger partial charge < -0.3 is 5.11 Å². The van der Waals surface area contributed by atoms with Gasteiger partial charge in [0.25, 0.3) is 0 Å². The van der Waals surface area contributed by atoms with E-state index in [2.05, 4.69) is 4.98 Å². The smallest absolute Gasteiger partial charge is 0.336 e. The van der Waals surface area contributed by atoms with E-state index in [-0.39, 0.29) is 5.56 Å². The first-order chi connectivity index (χ1) is 10.2. The molecule has 21 heavy (non-hydrogen) atoms. The van der Waals surface area contributed by atoms with Crippen molar-refractivity contribution in [1.82, 2.24) is 4.98 Å². The van der Waals surface area contributed by atoms with Crippen molar-refractivity contribution in [2.24, 2.45) is 0 Å². The lowest BCUT2D eigenvalue weighted by molar-refractivity contribution is 0.0698. The number of hydrogen-bond donors (Lipinski definition) is 1. The van der Waals surface area contributed by atoms with E-state index < -0.39 is 5.97 Å². The van der Waals surface area contributed by atoms with Crippen LogP contribution in [0.15, 0.2) is 42.5 Å². The standard InChI is InChI=1S/C17H10ClNO2/c18-12-6-3-7-13-15(12)14(17(20)21)11-8-9-4-1-2-5-10(9)16(11)19-13/h1-7H,8H2,(H,20,21). The lowest BCUT2D eigenvalue weighted by Gasteiger charge is -2.10. The van der Waals surface area contributed by atoms with E-state index in [1.54, 1.807) is 18.2 Å². The van der Waals surface area contributed by atoms with Crippen LogP contribution < -0.4 is 0 Å². The molecule has 0 aliphatic heterocycles. The summed E-state index contributed by atoms with van der Waals surface area (Å²) in [5.74, 6) is -0.959. The van der Waals surface area contributed by atoms with Gasteiger partial charge in [-0.05, 0) is 23.3 Å². The average Bonchev–Trinajstić information content (AvgIpc) is 2.83. The van der Waals surface area contributed by atoms with Gasteiger partial charge in [-0.3, -0.25) is 0 Å². The van der Waals surface area contributed by atoms with Gasteiger partial charge >= 0.3 is 5.97 Å². The Morgan fingerprint density at radius 1 is 1.14 bits per heavy atom. The maximum absolute atomic E-state index is 11.8. The largest absolute Gasteiger partial charge is 0.478 e. The van der Waals surface area contributed by atoms with E-state index in [0.717, 1.165) is 22.4 Å². The summed E-state index contributed by atoms with van der Waals surface area (Å²) in [5.41, 5.74) is 4.53. The molecule has 0 spiro atoms. The van der Waals surface area contributed by atoms with Crippen LogP contribution in [0.4, 0.5) is 0 Å². The van der Waals surface area contributed by atoms with Crippen molar-refractivity contribution in [3.05, 3.63) is 64.2 Å². The van der Waals surface area contributed by atoms with Gasteiger partial charge in [-0.1, -0.05) is 41.9 Å². The van der Waals surface area contributed by atoms with Crippen LogP contribution >= 0.6 is 11.6 Å². The first-order valence-corrected chi connectivity index (χ1v) is 6.97. The Balaban J connectivity index is 2.18. The van der Waals surface area contributed by atoms with Gasteiger partial charge in [-0.2, -0.15) is 0 Å². The number of halogens is 1. The Kier molecular flexibility index (Phi) is 2.53. The van der Waals surface area contributed by atoms with E-state index in [4.69, 9.17) is 11.6 Å². The molecule has 0 atom stereocenters. The molecule has 0 amide bonds. The topological polar surface area (TPSA) is 50.2 Å². The molecule has 1 aliphatic rings. The van der Waals surface area contributed by atoms with Crippen molar-refractivity contribution in [3.63, 3.8) is 0 Å². The zero-order valence-corrected chi connectivity index (χ0v) is 11.7. The summed E-state index contributed by atoms with van der Waals surface area (Å²) in [4.78, 5) is 16.4. The Hall–Kier alpha value is -2.39. The zero-order chi connectivity index (χ0) is 14.6. The van der Waals surface area contributed by atoms with Crippen LogP contribution in [-0.2, 0) is 6.42 Å². The summed E-state index contributed by atoms with van der Waals surface area (Å²) in [5, 5.41) is 10.6. The molecule has 1 aliphatic carbocycles. The van der Waals surface area contributed by atoms with Crippen LogP contribution in [-0.4, -0.2) is 16.1 Å². The van der Waals surface area contributed by atoms with E-state index in [1.165, 1.54) is 0 Å². The third-order valence-corrected chi connectivity index (χ3v) is 4.23. The van der Waals surface area contributed by atoms with E-state index >= 15 is 0 Å². The molecule has 1 aromatic heterocycles. The van der Waals surface area contributed by atoms with Crippen molar-refractivity contribution in [3.8, 4) is 11.3 Å². The van der Waals surface area contributed by atoms with Crippen LogP contribution in [0.5, 0.6) is 0 Å². The zero-order valence-electron chi connectivity index (χ0n) is 10.9. The summed E-state index contributed by atoms with van der Waals surface area (Å²) in [6.45, 7) is 0. The van der Waals surface area contributed by atoms with Gasteiger partial charge in [-0.15, -0.1) is 0 Å². The van der Waals surface area contributed by atoms with Crippen molar-refractivity contribution in [2.45, 2.75) is 6.42 Å². The summed E-state index contributed by atoms with van der Waals surface area (Å²) in [6.07, 6.45) is 0.585. The minimum absolute atomic E-state index is 0.275. The minimum Gasteiger partial charge on any atom is -0.478 e. The average molecular weight is 296 g/mol. The maximum atomic E-state index is 11.8. The molecule has 0 fully saturated rings. The molecule has 0 bridgehead atoms. The maximum Gasteiger partial charge on any atom is 0.336 e. The predicted octanol–water partition coefficient (Wildman–Crippen LogP) is 4.16. The van der Waals surface area contributed by atoms with E-state index in [0.29, 0.717) is 22.3 Å². The molecule has 0 saturated heterocycles. The molecule has 1 N–H and O–H groups in total. The first kappa shape index (κ1) is 12.4. The minimum atomic E-state index is -0.959. The molecular weight excluding hydrogens is 286 g/mol. The Bertz CT molecular complexity index is 918. The molecular formula is C17H10ClNO2. The first-order valence-electron chi connectivity index (χ1n) is 6.59. The number of rotatable bonds is 1. The number of carboxylic acid groups (broad SMARTS) is 1. The predicted molar refractivity (Wildman–Crippen MR) is 82.0 cm³/mol. The number of aromatic carboxylic acids is 1. The monoisotopic (exact) mass is 295 g/mol. The number of nitrogens with zero attached hydrogens (tertiary/aromatic N) is 1. The molecule has 4 rings (SSSR count). The molecule has 0 unspecified atom stereocenters. The van der Waals surface area contributed by atoms with Gasteiger partial charge in [0.05, 0.1) is 21.8 Å². The third kappa shape index (κ3) is 1.68. The highest BCUT2D eigenvalue weighted by molar-refractivity contribution is 6.36. The van der Waals surface area contributed by atoms with Gasteiger partial charge in [0.1, 0.15) is 0 Å². The summed E-state index contributed by atoms with van der Waals surface area (Å²) in [6, 6.07) is 13.2. The van der Waals surface area contributed by atoms with Gasteiger partial charge in [0, 0.05) is 17.4 Å².